The minimum Gasteiger partial charge on any atom is -0.487 e. The van der Waals surface area contributed by atoms with Gasteiger partial charge in [-0.2, -0.15) is 0 Å². The molecule has 1 heterocycles. The van der Waals surface area contributed by atoms with E-state index in [0.29, 0.717) is 29.9 Å². The number of hydrogen-bond acceptors (Lipinski definition) is 4. The van der Waals surface area contributed by atoms with E-state index in [2.05, 4.69) is 10.3 Å². The standard InChI is InChI=1S/C13H16FN3O2/c1-8-13(18)17(3)11-10(16-8)5-4-9(14)12(11)19-7-6-15-2/h4-5,15H,6-7H2,1-3H3. The van der Waals surface area contributed by atoms with Crippen LogP contribution in [-0.4, -0.2) is 29.8 Å². The molecule has 2 rings (SSSR count). The molecule has 0 fully saturated rings. The fourth-order valence-electron chi connectivity index (χ4n) is 1.92. The number of aryl methyl sites for hydroxylation is 2. The molecule has 0 radical (unpaired) electrons. The van der Waals surface area contributed by atoms with Gasteiger partial charge in [-0.3, -0.25) is 4.79 Å². The highest BCUT2D eigenvalue weighted by Gasteiger charge is 2.14. The van der Waals surface area contributed by atoms with E-state index in [1.54, 1.807) is 27.1 Å². The van der Waals surface area contributed by atoms with Gasteiger partial charge in [0.25, 0.3) is 5.56 Å². The average Bonchev–Trinajstić information content (AvgIpc) is 2.39. The molecule has 0 aliphatic rings. The summed E-state index contributed by atoms with van der Waals surface area (Å²) in [5, 5.41) is 2.91. The second-order valence-electron chi connectivity index (χ2n) is 4.26. The summed E-state index contributed by atoms with van der Waals surface area (Å²) < 4.78 is 20.7. The maximum atomic E-state index is 13.9. The van der Waals surface area contributed by atoms with E-state index in [4.69, 9.17) is 4.74 Å². The predicted octanol–water partition coefficient (Wildman–Crippen LogP) is 0.979. The van der Waals surface area contributed by atoms with Gasteiger partial charge < -0.3 is 14.6 Å². The number of halogens is 1. The highest BCUT2D eigenvalue weighted by molar-refractivity contribution is 5.81. The SMILES string of the molecule is CNCCOc1c(F)ccc2nc(C)c(=O)n(C)c12. The smallest absolute Gasteiger partial charge is 0.272 e. The molecule has 0 amide bonds. The van der Waals surface area contributed by atoms with Gasteiger partial charge >= 0.3 is 0 Å². The van der Waals surface area contributed by atoms with Crippen LogP contribution in [0.5, 0.6) is 5.75 Å². The maximum absolute atomic E-state index is 13.9. The van der Waals surface area contributed by atoms with Crippen molar-refractivity contribution in [2.24, 2.45) is 7.05 Å². The van der Waals surface area contributed by atoms with Crippen LogP contribution in [0.4, 0.5) is 4.39 Å². The van der Waals surface area contributed by atoms with E-state index in [9.17, 15) is 9.18 Å². The Morgan fingerprint density at radius 2 is 2.21 bits per heavy atom. The van der Waals surface area contributed by atoms with Crippen molar-refractivity contribution in [2.75, 3.05) is 20.2 Å². The predicted molar refractivity (Wildman–Crippen MR) is 71.1 cm³/mol. The Labute approximate surface area is 110 Å². The molecule has 19 heavy (non-hydrogen) atoms. The van der Waals surface area contributed by atoms with E-state index in [1.165, 1.54) is 10.6 Å². The molecule has 0 unspecified atom stereocenters. The minimum atomic E-state index is -0.496. The lowest BCUT2D eigenvalue weighted by atomic mass is 10.2. The van der Waals surface area contributed by atoms with Gasteiger partial charge in [0.2, 0.25) is 0 Å². The highest BCUT2D eigenvalue weighted by atomic mass is 19.1. The molecule has 102 valence electrons. The number of nitrogens with one attached hydrogen (secondary N) is 1. The number of aromatic nitrogens is 2. The Hall–Kier alpha value is -1.95. The summed E-state index contributed by atoms with van der Waals surface area (Å²) in [5.41, 5.74) is 1.05. The van der Waals surface area contributed by atoms with Crippen molar-refractivity contribution < 1.29 is 9.13 Å². The second kappa shape index (κ2) is 5.36. The zero-order valence-electron chi connectivity index (χ0n) is 11.2. The molecule has 6 heteroatoms. The number of likely N-dealkylation sites (N-methyl/N-ethyl adjacent to an activating group) is 1. The Kier molecular flexibility index (Phi) is 3.80. The molecule has 0 saturated carbocycles. The minimum absolute atomic E-state index is 0.0693. The normalized spacial score (nSPS) is 10.9. The third-order valence-electron chi connectivity index (χ3n) is 2.90. The largest absolute Gasteiger partial charge is 0.487 e. The third kappa shape index (κ3) is 2.44. The molecule has 5 nitrogen and oxygen atoms in total. The van der Waals surface area contributed by atoms with Crippen molar-refractivity contribution in [2.45, 2.75) is 6.92 Å². The lowest BCUT2D eigenvalue weighted by Crippen LogP contribution is -2.22. The zero-order valence-corrected chi connectivity index (χ0v) is 11.2. The topological polar surface area (TPSA) is 56.1 Å². The Bertz CT molecular complexity index is 667. The van der Waals surface area contributed by atoms with Gasteiger partial charge in [-0.1, -0.05) is 0 Å². The summed E-state index contributed by atoms with van der Waals surface area (Å²) in [6, 6.07) is 2.84. The van der Waals surface area contributed by atoms with Crippen LogP contribution in [0.15, 0.2) is 16.9 Å². The Morgan fingerprint density at radius 1 is 1.47 bits per heavy atom. The summed E-state index contributed by atoms with van der Waals surface area (Å²) in [6.45, 7) is 2.53. The molecule has 0 bridgehead atoms. The van der Waals surface area contributed by atoms with Gasteiger partial charge in [0, 0.05) is 13.6 Å². The number of fused-ring (bicyclic) bond motifs is 1. The van der Waals surface area contributed by atoms with Crippen LogP contribution in [0.2, 0.25) is 0 Å². The first-order chi connectivity index (χ1) is 9.06. The molecule has 0 aliphatic heterocycles. The molecule has 1 aromatic heterocycles. The number of nitrogens with zero attached hydrogens (tertiary/aromatic N) is 2. The van der Waals surface area contributed by atoms with E-state index >= 15 is 0 Å². The molecule has 2 aromatic rings. The number of ether oxygens (including phenoxy) is 1. The van der Waals surface area contributed by atoms with E-state index in [1.807, 2.05) is 0 Å². The summed E-state index contributed by atoms with van der Waals surface area (Å²) in [6.07, 6.45) is 0. The van der Waals surface area contributed by atoms with Crippen LogP contribution in [0.25, 0.3) is 11.0 Å². The molecule has 0 saturated heterocycles. The van der Waals surface area contributed by atoms with E-state index < -0.39 is 5.82 Å². The van der Waals surface area contributed by atoms with Crippen LogP contribution in [0.3, 0.4) is 0 Å². The summed E-state index contributed by atoms with van der Waals surface area (Å²) >= 11 is 0. The third-order valence-corrected chi connectivity index (χ3v) is 2.90. The first kappa shape index (κ1) is 13.5. The number of rotatable bonds is 4. The fourth-order valence-corrected chi connectivity index (χ4v) is 1.92. The van der Waals surface area contributed by atoms with Crippen molar-refractivity contribution >= 4 is 11.0 Å². The summed E-state index contributed by atoms with van der Waals surface area (Å²) in [5.74, 6) is -0.427. The molecular weight excluding hydrogens is 249 g/mol. The highest BCUT2D eigenvalue weighted by Crippen LogP contribution is 2.26. The molecule has 0 aliphatic carbocycles. The van der Waals surface area contributed by atoms with Crippen LogP contribution in [0.1, 0.15) is 5.69 Å². The zero-order chi connectivity index (χ0) is 14.0. The van der Waals surface area contributed by atoms with E-state index in [-0.39, 0.29) is 11.3 Å². The van der Waals surface area contributed by atoms with Gasteiger partial charge in [-0.05, 0) is 26.1 Å². The number of hydrogen-bond donors (Lipinski definition) is 1. The van der Waals surface area contributed by atoms with Gasteiger partial charge in [0.1, 0.15) is 17.8 Å². The van der Waals surface area contributed by atoms with Gasteiger partial charge in [0.15, 0.2) is 11.6 Å². The van der Waals surface area contributed by atoms with Crippen molar-refractivity contribution in [3.63, 3.8) is 0 Å². The van der Waals surface area contributed by atoms with E-state index in [0.717, 1.165) is 0 Å². The van der Waals surface area contributed by atoms with Crippen LogP contribution in [-0.2, 0) is 7.05 Å². The Morgan fingerprint density at radius 3 is 2.89 bits per heavy atom. The maximum Gasteiger partial charge on any atom is 0.272 e. The second-order valence-corrected chi connectivity index (χ2v) is 4.26. The molecule has 1 N–H and O–H groups in total. The average molecular weight is 265 g/mol. The molecular formula is C13H16FN3O2. The van der Waals surface area contributed by atoms with Gasteiger partial charge in [-0.15, -0.1) is 0 Å². The van der Waals surface area contributed by atoms with Crippen LogP contribution < -0.4 is 15.6 Å². The molecule has 1 aromatic carbocycles. The first-order valence-electron chi connectivity index (χ1n) is 5.99. The summed E-state index contributed by atoms with van der Waals surface area (Å²) in [7, 11) is 3.37. The lowest BCUT2D eigenvalue weighted by Gasteiger charge is -2.13. The summed E-state index contributed by atoms with van der Waals surface area (Å²) in [4.78, 5) is 16.1. The lowest BCUT2D eigenvalue weighted by molar-refractivity contribution is 0.305. The Balaban J connectivity index is 2.64. The van der Waals surface area contributed by atoms with Gasteiger partial charge in [-0.25, -0.2) is 9.37 Å². The fraction of sp³-hybridized carbons (Fsp3) is 0.385. The van der Waals surface area contributed by atoms with Gasteiger partial charge in [0.05, 0.1) is 5.52 Å². The first-order valence-corrected chi connectivity index (χ1v) is 5.99. The molecule has 0 spiro atoms. The van der Waals surface area contributed by atoms with Crippen molar-refractivity contribution in [1.29, 1.82) is 0 Å². The monoisotopic (exact) mass is 265 g/mol. The van der Waals surface area contributed by atoms with Crippen LogP contribution in [0, 0.1) is 12.7 Å². The molecule has 0 atom stereocenters. The van der Waals surface area contributed by atoms with Crippen molar-refractivity contribution in [1.82, 2.24) is 14.9 Å². The van der Waals surface area contributed by atoms with Crippen molar-refractivity contribution in [3.05, 3.63) is 34.0 Å². The van der Waals surface area contributed by atoms with Crippen molar-refractivity contribution in [3.8, 4) is 5.75 Å². The van der Waals surface area contributed by atoms with Crippen LogP contribution >= 0.6 is 0 Å². The quantitative estimate of drug-likeness (QED) is 0.837. The number of benzene rings is 1.